The quantitative estimate of drug-likeness (QED) is 0.780. The van der Waals surface area contributed by atoms with Crippen molar-refractivity contribution in [3.63, 3.8) is 0 Å². The standard InChI is InChI=1S/C13H22N6O2S/c1-10(2)12-7-13(17-16-12)18(3)6-5-15-22(20,21)11-8-14-19(4)9-11/h7-10,15H,5-6H2,1-4H3,(H,16,17). The van der Waals surface area contributed by atoms with Gasteiger partial charge in [-0.2, -0.15) is 10.2 Å². The van der Waals surface area contributed by atoms with Crippen LogP contribution in [0, 0.1) is 0 Å². The smallest absolute Gasteiger partial charge is 0.243 e. The van der Waals surface area contributed by atoms with Crippen LogP contribution in [0.5, 0.6) is 0 Å². The molecule has 22 heavy (non-hydrogen) atoms. The highest BCUT2D eigenvalue weighted by atomic mass is 32.2. The largest absolute Gasteiger partial charge is 0.357 e. The van der Waals surface area contributed by atoms with Gasteiger partial charge < -0.3 is 4.90 Å². The van der Waals surface area contributed by atoms with E-state index in [2.05, 4.69) is 33.9 Å². The zero-order valence-corrected chi connectivity index (χ0v) is 14.1. The number of sulfonamides is 1. The van der Waals surface area contributed by atoms with E-state index < -0.39 is 10.0 Å². The molecule has 2 heterocycles. The number of rotatable bonds is 7. The Labute approximate surface area is 130 Å². The second kappa shape index (κ2) is 6.49. The number of nitrogens with one attached hydrogen (secondary N) is 2. The minimum atomic E-state index is -3.51. The summed E-state index contributed by atoms with van der Waals surface area (Å²) in [6.45, 7) is 4.97. The number of hydrogen-bond acceptors (Lipinski definition) is 5. The van der Waals surface area contributed by atoms with Crippen LogP contribution in [-0.4, -0.2) is 48.5 Å². The van der Waals surface area contributed by atoms with Crippen molar-refractivity contribution in [1.82, 2.24) is 24.7 Å². The Hall–Kier alpha value is -1.87. The molecule has 0 radical (unpaired) electrons. The molecule has 2 aromatic rings. The van der Waals surface area contributed by atoms with E-state index in [1.807, 2.05) is 18.0 Å². The molecule has 0 unspecified atom stereocenters. The van der Waals surface area contributed by atoms with Crippen LogP contribution in [0.1, 0.15) is 25.5 Å². The van der Waals surface area contributed by atoms with Crippen LogP contribution in [0.15, 0.2) is 23.4 Å². The second-order valence-electron chi connectivity index (χ2n) is 5.51. The maximum atomic E-state index is 12.1. The van der Waals surface area contributed by atoms with Crippen LogP contribution in [0.25, 0.3) is 0 Å². The third kappa shape index (κ3) is 3.86. The molecule has 0 spiro atoms. The van der Waals surface area contributed by atoms with Gasteiger partial charge in [0.25, 0.3) is 0 Å². The molecule has 0 aliphatic heterocycles. The molecule has 0 aliphatic carbocycles. The lowest BCUT2D eigenvalue weighted by molar-refractivity contribution is 0.581. The summed E-state index contributed by atoms with van der Waals surface area (Å²) in [6.07, 6.45) is 2.79. The van der Waals surface area contributed by atoms with E-state index in [9.17, 15) is 8.42 Å². The number of anilines is 1. The molecule has 2 N–H and O–H groups in total. The normalized spacial score (nSPS) is 12.0. The van der Waals surface area contributed by atoms with Gasteiger partial charge in [0.15, 0.2) is 0 Å². The maximum Gasteiger partial charge on any atom is 0.243 e. The molecule has 0 saturated heterocycles. The van der Waals surface area contributed by atoms with Crippen molar-refractivity contribution in [2.24, 2.45) is 7.05 Å². The topological polar surface area (TPSA) is 95.9 Å². The molecule has 0 bridgehead atoms. The van der Waals surface area contributed by atoms with E-state index in [-0.39, 0.29) is 11.4 Å². The summed E-state index contributed by atoms with van der Waals surface area (Å²) in [4.78, 5) is 2.06. The highest BCUT2D eigenvalue weighted by Crippen LogP contribution is 2.16. The van der Waals surface area contributed by atoms with Crippen LogP contribution < -0.4 is 9.62 Å². The first-order chi connectivity index (χ1) is 10.3. The molecular formula is C13H22N6O2S. The lowest BCUT2D eigenvalue weighted by atomic mass is 10.1. The number of aromatic amines is 1. The summed E-state index contributed by atoms with van der Waals surface area (Å²) in [5.74, 6) is 1.17. The van der Waals surface area contributed by atoms with Gasteiger partial charge in [0.05, 0.1) is 6.20 Å². The molecule has 2 rings (SSSR count). The monoisotopic (exact) mass is 326 g/mol. The Kier molecular flexibility index (Phi) is 4.87. The predicted molar refractivity (Wildman–Crippen MR) is 84.3 cm³/mol. The van der Waals surface area contributed by atoms with E-state index in [0.717, 1.165) is 11.5 Å². The van der Waals surface area contributed by atoms with Gasteiger partial charge in [0, 0.05) is 45.1 Å². The van der Waals surface area contributed by atoms with Crippen LogP contribution in [-0.2, 0) is 17.1 Å². The first-order valence-electron chi connectivity index (χ1n) is 7.04. The van der Waals surface area contributed by atoms with Gasteiger partial charge in [-0.3, -0.25) is 9.78 Å². The minimum Gasteiger partial charge on any atom is -0.357 e. The molecule has 0 fully saturated rings. The van der Waals surface area contributed by atoms with Crippen LogP contribution in [0.2, 0.25) is 0 Å². The Balaban J connectivity index is 1.90. The third-order valence-corrected chi connectivity index (χ3v) is 4.74. The summed E-state index contributed by atoms with van der Waals surface area (Å²) < 4.78 is 28.1. The summed E-state index contributed by atoms with van der Waals surface area (Å²) in [7, 11) is 0.0372. The van der Waals surface area contributed by atoms with Crippen molar-refractivity contribution in [1.29, 1.82) is 0 Å². The minimum absolute atomic E-state index is 0.166. The van der Waals surface area contributed by atoms with Crippen molar-refractivity contribution in [2.75, 3.05) is 25.0 Å². The zero-order valence-electron chi connectivity index (χ0n) is 13.2. The van der Waals surface area contributed by atoms with Gasteiger partial charge >= 0.3 is 0 Å². The highest BCUT2D eigenvalue weighted by Gasteiger charge is 2.16. The van der Waals surface area contributed by atoms with E-state index in [1.54, 1.807) is 7.05 Å². The first kappa shape index (κ1) is 16.5. The fourth-order valence-corrected chi connectivity index (χ4v) is 2.90. The highest BCUT2D eigenvalue weighted by molar-refractivity contribution is 7.89. The lowest BCUT2D eigenvalue weighted by Crippen LogP contribution is -2.33. The Morgan fingerprint density at radius 3 is 2.73 bits per heavy atom. The number of aromatic nitrogens is 4. The molecule has 2 aromatic heterocycles. The lowest BCUT2D eigenvalue weighted by Gasteiger charge is -2.16. The molecule has 122 valence electrons. The van der Waals surface area contributed by atoms with E-state index >= 15 is 0 Å². The molecule has 8 nitrogen and oxygen atoms in total. The van der Waals surface area contributed by atoms with Crippen molar-refractivity contribution in [2.45, 2.75) is 24.7 Å². The number of aryl methyl sites for hydroxylation is 1. The summed E-state index contributed by atoms with van der Waals surface area (Å²) >= 11 is 0. The maximum absolute atomic E-state index is 12.1. The van der Waals surface area contributed by atoms with Gasteiger partial charge in [-0.15, -0.1) is 0 Å². The number of nitrogens with zero attached hydrogens (tertiary/aromatic N) is 4. The molecule has 0 aliphatic rings. The van der Waals surface area contributed by atoms with Crippen molar-refractivity contribution >= 4 is 15.8 Å². The fourth-order valence-electron chi connectivity index (χ4n) is 1.90. The SMILES string of the molecule is CC(C)c1cc(N(C)CCNS(=O)(=O)c2cnn(C)c2)n[nH]1. The predicted octanol–water partition coefficient (Wildman–Crippen LogP) is 0.681. The average molecular weight is 326 g/mol. The average Bonchev–Trinajstić information content (AvgIpc) is 3.07. The summed E-state index contributed by atoms with van der Waals surface area (Å²) in [6, 6.07) is 1.97. The zero-order chi connectivity index (χ0) is 16.3. The van der Waals surface area contributed by atoms with Crippen LogP contribution in [0.4, 0.5) is 5.82 Å². The number of H-pyrrole nitrogens is 1. The molecular weight excluding hydrogens is 304 g/mol. The van der Waals surface area contributed by atoms with Gasteiger partial charge in [-0.25, -0.2) is 13.1 Å². The third-order valence-electron chi connectivity index (χ3n) is 3.33. The summed E-state index contributed by atoms with van der Waals surface area (Å²) in [5.41, 5.74) is 1.05. The Bertz CT molecular complexity index is 718. The van der Waals surface area contributed by atoms with Gasteiger partial charge in [-0.1, -0.05) is 13.8 Å². The number of hydrogen-bond donors (Lipinski definition) is 2. The van der Waals surface area contributed by atoms with E-state index in [0.29, 0.717) is 12.5 Å². The molecule has 0 saturated carbocycles. The van der Waals surface area contributed by atoms with Crippen LogP contribution in [0.3, 0.4) is 0 Å². The van der Waals surface area contributed by atoms with E-state index in [1.165, 1.54) is 17.1 Å². The van der Waals surface area contributed by atoms with E-state index in [4.69, 9.17) is 0 Å². The van der Waals surface area contributed by atoms with Gasteiger partial charge in [-0.05, 0) is 5.92 Å². The molecule has 0 amide bonds. The first-order valence-corrected chi connectivity index (χ1v) is 8.52. The van der Waals surface area contributed by atoms with Crippen LogP contribution >= 0.6 is 0 Å². The van der Waals surface area contributed by atoms with Gasteiger partial charge in [0.2, 0.25) is 10.0 Å². The Morgan fingerprint density at radius 2 is 2.18 bits per heavy atom. The summed E-state index contributed by atoms with van der Waals surface area (Å²) in [5, 5.41) is 11.1. The molecule has 0 aromatic carbocycles. The second-order valence-corrected chi connectivity index (χ2v) is 7.27. The fraction of sp³-hybridized carbons (Fsp3) is 0.538. The van der Waals surface area contributed by atoms with Crippen molar-refractivity contribution in [3.8, 4) is 0 Å². The van der Waals surface area contributed by atoms with Gasteiger partial charge in [0.1, 0.15) is 10.7 Å². The van der Waals surface area contributed by atoms with Crippen molar-refractivity contribution in [3.05, 3.63) is 24.2 Å². The Morgan fingerprint density at radius 1 is 1.45 bits per heavy atom. The molecule has 0 atom stereocenters. The number of likely N-dealkylation sites (N-methyl/N-ethyl adjacent to an activating group) is 1. The molecule has 9 heteroatoms. The van der Waals surface area contributed by atoms with Crippen molar-refractivity contribution < 1.29 is 8.42 Å².